The van der Waals surface area contributed by atoms with E-state index >= 15 is 0 Å². The summed E-state index contributed by atoms with van der Waals surface area (Å²) in [5.41, 5.74) is 1.71. The smallest absolute Gasteiger partial charge is 0.254 e. The highest BCUT2D eigenvalue weighted by molar-refractivity contribution is 7.91. The van der Waals surface area contributed by atoms with Crippen LogP contribution in [0.25, 0.3) is 5.78 Å². The van der Waals surface area contributed by atoms with Gasteiger partial charge in [0.15, 0.2) is 9.34 Å². The highest BCUT2D eigenvalue weighted by atomic mass is 32.2. The Bertz CT molecular complexity index is 1120. The predicted molar refractivity (Wildman–Crippen MR) is 98.1 cm³/mol. The Hall–Kier alpha value is -2.44. The van der Waals surface area contributed by atoms with Gasteiger partial charge in [0.2, 0.25) is 5.91 Å². The largest absolute Gasteiger partial charge is 0.302 e. The molecule has 4 rings (SSSR count). The number of hydrogen-bond acceptors (Lipinski definition) is 8. The molecule has 1 amide bonds. The van der Waals surface area contributed by atoms with E-state index in [1.807, 2.05) is 13.0 Å². The van der Waals surface area contributed by atoms with E-state index in [1.54, 1.807) is 4.52 Å². The first-order valence-electron chi connectivity index (χ1n) is 8.25. The Morgan fingerprint density at radius 1 is 1.37 bits per heavy atom. The van der Waals surface area contributed by atoms with E-state index in [4.69, 9.17) is 0 Å². The molecule has 1 unspecified atom stereocenters. The van der Waals surface area contributed by atoms with Gasteiger partial charge >= 0.3 is 0 Å². The van der Waals surface area contributed by atoms with Crippen molar-refractivity contribution in [2.45, 2.75) is 30.4 Å². The zero-order chi connectivity index (χ0) is 19.2. The molecule has 0 spiro atoms. The number of aryl methyl sites for hydroxylation is 1. The van der Waals surface area contributed by atoms with Gasteiger partial charge in [0.25, 0.3) is 15.8 Å². The molecule has 1 aliphatic heterocycles. The monoisotopic (exact) mass is 407 g/mol. The molecule has 1 atom stereocenters. The molecule has 10 nitrogen and oxygen atoms in total. The van der Waals surface area contributed by atoms with Crippen molar-refractivity contribution in [3.8, 4) is 0 Å². The SMILES string of the molecule is CC(=O)Nc1ncc(S(=O)(=O)N2CCC(c3cc(C)nc4ncnn34)C2)s1. The maximum Gasteiger partial charge on any atom is 0.254 e. The zero-order valence-corrected chi connectivity index (χ0v) is 16.3. The van der Waals surface area contributed by atoms with E-state index in [9.17, 15) is 13.2 Å². The Balaban J connectivity index is 1.59. The summed E-state index contributed by atoms with van der Waals surface area (Å²) in [6.45, 7) is 3.97. The number of anilines is 1. The molecule has 0 aromatic carbocycles. The fraction of sp³-hybridized carbons (Fsp3) is 0.400. The number of nitrogens with zero attached hydrogens (tertiary/aromatic N) is 6. The number of thiazole rings is 1. The minimum absolute atomic E-state index is 0.00610. The average molecular weight is 407 g/mol. The third kappa shape index (κ3) is 3.31. The van der Waals surface area contributed by atoms with Crippen LogP contribution in [0.2, 0.25) is 0 Å². The summed E-state index contributed by atoms with van der Waals surface area (Å²) in [6, 6.07) is 1.92. The van der Waals surface area contributed by atoms with Gasteiger partial charge in [0.05, 0.1) is 11.9 Å². The third-order valence-corrected chi connectivity index (χ3v) is 7.55. The number of sulfonamides is 1. The second kappa shape index (κ2) is 6.62. The minimum atomic E-state index is -3.67. The van der Waals surface area contributed by atoms with Crippen molar-refractivity contribution in [2.75, 3.05) is 18.4 Å². The minimum Gasteiger partial charge on any atom is -0.302 e. The molecule has 4 heterocycles. The van der Waals surface area contributed by atoms with Gasteiger partial charge in [-0.3, -0.25) is 4.79 Å². The fourth-order valence-corrected chi connectivity index (χ4v) is 5.88. The second-order valence-corrected chi connectivity index (χ2v) is 9.50. The van der Waals surface area contributed by atoms with E-state index in [1.165, 1.54) is 23.8 Å². The first kappa shape index (κ1) is 17.9. The molecule has 3 aromatic heterocycles. The second-order valence-electron chi connectivity index (χ2n) is 6.31. The highest BCUT2D eigenvalue weighted by Crippen LogP contribution is 2.33. The van der Waals surface area contributed by atoms with E-state index < -0.39 is 10.0 Å². The number of fused-ring (bicyclic) bond motifs is 1. The average Bonchev–Trinajstić information content (AvgIpc) is 3.33. The number of carbonyl (C=O) groups is 1. The molecule has 1 aliphatic rings. The van der Waals surface area contributed by atoms with Crippen LogP contribution in [0.5, 0.6) is 0 Å². The van der Waals surface area contributed by atoms with Crippen LogP contribution in [0.15, 0.2) is 22.8 Å². The molecule has 1 fully saturated rings. The van der Waals surface area contributed by atoms with E-state index in [0.29, 0.717) is 25.3 Å². The molecule has 0 radical (unpaired) electrons. The molecule has 3 aromatic rings. The standard InChI is InChI=1S/C15H17N7O3S2/c1-9-5-12(22-14(19-9)17-8-18-22)11-3-4-21(7-11)27(24,25)13-6-16-15(26-13)20-10(2)23/h5-6,8,11H,3-4,7H2,1-2H3,(H,16,20,23). The van der Waals surface area contributed by atoms with Crippen LogP contribution in [0.4, 0.5) is 5.13 Å². The summed E-state index contributed by atoms with van der Waals surface area (Å²) in [5.74, 6) is 0.210. The summed E-state index contributed by atoms with van der Waals surface area (Å²) >= 11 is 0.948. The fourth-order valence-electron chi connectivity index (χ4n) is 3.15. The van der Waals surface area contributed by atoms with Gasteiger partial charge in [0, 0.05) is 31.6 Å². The topological polar surface area (TPSA) is 122 Å². The molecular formula is C15H17N7O3S2. The molecule has 142 valence electrons. The van der Waals surface area contributed by atoms with Crippen LogP contribution < -0.4 is 5.32 Å². The first-order chi connectivity index (χ1) is 12.8. The van der Waals surface area contributed by atoms with Crippen LogP contribution in [0.3, 0.4) is 0 Å². The number of hydrogen-bond donors (Lipinski definition) is 1. The molecular weight excluding hydrogens is 390 g/mol. The number of rotatable bonds is 4. The normalized spacial score (nSPS) is 18.2. The van der Waals surface area contributed by atoms with Crippen molar-refractivity contribution in [1.82, 2.24) is 28.9 Å². The third-order valence-electron chi connectivity index (χ3n) is 4.34. The predicted octanol–water partition coefficient (Wildman–Crippen LogP) is 1.03. The van der Waals surface area contributed by atoms with Gasteiger partial charge in [-0.15, -0.1) is 0 Å². The number of aromatic nitrogens is 5. The molecule has 0 saturated carbocycles. The van der Waals surface area contributed by atoms with Gasteiger partial charge in [-0.05, 0) is 19.4 Å². The van der Waals surface area contributed by atoms with Crippen LogP contribution in [0.1, 0.15) is 30.7 Å². The van der Waals surface area contributed by atoms with Crippen LogP contribution in [-0.2, 0) is 14.8 Å². The lowest BCUT2D eigenvalue weighted by Crippen LogP contribution is -2.28. The summed E-state index contributed by atoms with van der Waals surface area (Å²) < 4.78 is 29.1. The van der Waals surface area contributed by atoms with Crippen molar-refractivity contribution in [3.63, 3.8) is 0 Å². The zero-order valence-electron chi connectivity index (χ0n) is 14.7. The van der Waals surface area contributed by atoms with Crippen molar-refractivity contribution >= 4 is 38.2 Å². The molecule has 12 heteroatoms. The van der Waals surface area contributed by atoms with Gasteiger partial charge in [-0.2, -0.15) is 14.4 Å². The van der Waals surface area contributed by atoms with E-state index in [-0.39, 0.29) is 21.2 Å². The Labute approximate surface area is 159 Å². The molecule has 1 saturated heterocycles. The first-order valence-corrected chi connectivity index (χ1v) is 10.5. The lowest BCUT2D eigenvalue weighted by Gasteiger charge is -2.16. The van der Waals surface area contributed by atoms with Crippen molar-refractivity contribution in [2.24, 2.45) is 0 Å². The maximum atomic E-state index is 12.9. The lowest BCUT2D eigenvalue weighted by atomic mass is 10.0. The number of carbonyl (C=O) groups excluding carboxylic acids is 1. The van der Waals surface area contributed by atoms with Gasteiger partial charge in [-0.1, -0.05) is 11.3 Å². The molecule has 0 aliphatic carbocycles. The Kier molecular flexibility index (Phi) is 4.40. The van der Waals surface area contributed by atoms with Crippen molar-refractivity contribution in [3.05, 3.63) is 30.0 Å². The molecule has 27 heavy (non-hydrogen) atoms. The summed E-state index contributed by atoms with van der Waals surface area (Å²) in [5, 5.41) is 6.98. The quantitative estimate of drug-likeness (QED) is 0.685. The number of nitrogens with one attached hydrogen (secondary N) is 1. The summed E-state index contributed by atoms with van der Waals surface area (Å²) in [6.07, 6.45) is 3.40. The summed E-state index contributed by atoms with van der Waals surface area (Å²) in [7, 11) is -3.67. The highest BCUT2D eigenvalue weighted by Gasteiger charge is 2.35. The summed E-state index contributed by atoms with van der Waals surface area (Å²) in [4.78, 5) is 23.5. The van der Waals surface area contributed by atoms with Crippen molar-refractivity contribution in [1.29, 1.82) is 0 Å². The van der Waals surface area contributed by atoms with Gasteiger partial charge < -0.3 is 5.32 Å². The van der Waals surface area contributed by atoms with Gasteiger partial charge in [-0.25, -0.2) is 22.9 Å². The van der Waals surface area contributed by atoms with E-state index in [2.05, 4.69) is 25.4 Å². The molecule has 1 N–H and O–H groups in total. The van der Waals surface area contributed by atoms with Crippen LogP contribution in [-0.4, -0.2) is 56.3 Å². The molecule has 0 bridgehead atoms. The van der Waals surface area contributed by atoms with E-state index in [0.717, 1.165) is 22.7 Å². The maximum absolute atomic E-state index is 12.9. The van der Waals surface area contributed by atoms with Gasteiger partial charge in [0.1, 0.15) is 6.33 Å². The van der Waals surface area contributed by atoms with Crippen LogP contribution >= 0.6 is 11.3 Å². The van der Waals surface area contributed by atoms with Crippen LogP contribution in [0, 0.1) is 6.92 Å². The number of amides is 1. The Morgan fingerprint density at radius 2 is 2.19 bits per heavy atom. The van der Waals surface area contributed by atoms with Crippen molar-refractivity contribution < 1.29 is 13.2 Å². The lowest BCUT2D eigenvalue weighted by molar-refractivity contribution is -0.114. The Morgan fingerprint density at radius 3 is 2.96 bits per heavy atom.